The maximum Gasteiger partial charge on any atom is 0.408 e. The Kier molecular flexibility index (Phi) is 5.68. The molecule has 0 bridgehead atoms. The van der Waals surface area contributed by atoms with Crippen LogP contribution in [0.25, 0.3) is 0 Å². The normalized spacial score (nSPS) is 22.2. The summed E-state index contributed by atoms with van der Waals surface area (Å²) in [6.07, 6.45) is -4.78. The van der Waals surface area contributed by atoms with Crippen molar-refractivity contribution >= 4 is 11.8 Å². The molecule has 12 heteroatoms. The molecular weight excluding hydrogens is 429 g/mol. The smallest absolute Gasteiger partial charge is 0.377 e. The zero-order valence-corrected chi connectivity index (χ0v) is 18.5. The first-order valence-corrected chi connectivity index (χ1v) is 10.6. The molecule has 2 aromatic heterocycles. The Bertz CT molecular complexity index is 1030. The minimum Gasteiger partial charge on any atom is -0.377 e. The quantitative estimate of drug-likeness (QED) is 0.696. The fourth-order valence-electron chi connectivity index (χ4n) is 3.97. The van der Waals surface area contributed by atoms with Crippen LogP contribution in [0.3, 0.4) is 0 Å². The van der Waals surface area contributed by atoms with Crippen molar-refractivity contribution in [3.63, 3.8) is 0 Å². The van der Waals surface area contributed by atoms with E-state index in [1.54, 1.807) is 0 Å². The minimum atomic E-state index is -4.51. The Morgan fingerprint density at radius 2 is 1.94 bits per heavy atom. The van der Waals surface area contributed by atoms with E-state index in [4.69, 9.17) is 9.26 Å². The van der Waals surface area contributed by atoms with Crippen LogP contribution in [0.5, 0.6) is 0 Å². The van der Waals surface area contributed by atoms with Crippen molar-refractivity contribution in [2.75, 3.05) is 29.6 Å². The molecule has 2 atom stereocenters. The molecule has 2 aromatic rings. The third-order valence-electron chi connectivity index (χ3n) is 5.70. The Balaban J connectivity index is 1.76. The minimum absolute atomic E-state index is 0.0399. The molecule has 176 valence electrons. The van der Waals surface area contributed by atoms with Gasteiger partial charge in [0.25, 0.3) is 5.56 Å². The molecule has 1 fully saturated rings. The molecular formula is C20H27F3N6O3. The van der Waals surface area contributed by atoms with Crippen LogP contribution in [0.4, 0.5) is 24.9 Å². The highest BCUT2D eigenvalue weighted by atomic mass is 19.4. The van der Waals surface area contributed by atoms with E-state index in [9.17, 15) is 18.0 Å². The highest BCUT2D eigenvalue weighted by Gasteiger charge is 2.47. The van der Waals surface area contributed by atoms with Crippen molar-refractivity contribution < 1.29 is 22.4 Å². The average Bonchev–Trinajstić information content (AvgIpc) is 3.17. The molecule has 0 aliphatic carbocycles. The number of hydrogen-bond donors (Lipinski definition) is 0. The van der Waals surface area contributed by atoms with Gasteiger partial charge < -0.3 is 19.1 Å². The summed E-state index contributed by atoms with van der Waals surface area (Å²) in [5, 5.41) is 3.88. The molecule has 2 aliphatic rings. The van der Waals surface area contributed by atoms with E-state index in [-0.39, 0.29) is 37.3 Å². The fraction of sp³-hybridized carbons (Fsp3) is 0.700. The van der Waals surface area contributed by atoms with Gasteiger partial charge >= 0.3 is 6.18 Å². The first kappa shape index (κ1) is 22.6. The number of anilines is 2. The molecule has 4 heterocycles. The van der Waals surface area contributed by atoms with Gasteiger partial charge in [-0.05, 0) is 13.3 Å². The third kappa shape index (κ3) is 4.32. The van der Waals surface area contributed by atoms with Crippen LogP contribution in [0, 0.1) is 0 Å². The maximum atomic E-state index is 14.0. The number of hydrogen-bond acceptors (Lipinski definition) is 8. The van der Waals surface area contributed by atoms with E-state index in [2.05, 4.69) is 15.1 Å². The maximum absolute atomic E-state index is 14.0. The first-order valence-electron chi connectivity index (χ1n) is 10.6. The molecule has 0 saturated carbocycles. The van der Waals surface area contributed by atoms with Gasteiger partial charge in [0.05, 0.1) is 25.8 Å². The Labute approximate surface area is 183 Å². The molecule has 32 heavy (non-hydrogen) atoms. The van der Waals surface area contributed by atoms with Crippen molar-refractivity contribution in [3.8, 4) is 0 Å². The van der Waals surface area contributed by atoms with E-state index in [1.165, 1.54) is 10.6 Å². The number of halogens is 3. The van der Waals surface area contributed by atoms with Gasteiger partial charge in [-0.3, -0.25) is 9.36 Å². The SMILES string of the molecule is C[C@@H]1COCCN1c1cc(=O)n2c(n1)N(Cc1noc(C(C)(C)C)n1)[C@H](C(F)(F)F)CC2. The molecule has 0 aromatic carbocycles. The summed E-state index contributed by atoms with van der Waals surface area (Å²) in [7, 11) is 0. The summed E-state index contributed by atoms with van der Waals surface area (Å²) in [5.41, 5.74) is -0.832. The Morgan fingerprint density at radius 3 is 2.56 bits per heavy atom. The van der Waals surface area contributed by atoms with Gasteiger partial charge in [0.15, 0.2) is 5.82 Å². The van der Waals surface area contributed by atoms with E-state index in [0.717, 1.165) is 4.90 Å². The van der Waals surface area contributed by atoms with E-state index in [0.29, 0.717) is 31.5 Å². The molecule has 0 unspecified atom stereocenters. The number of alkyl halides is 3. The van der Waals surface area contributed by atoms with Crippen LogP contribution in [-0.4, -0.2) is 57.7 Å². The van der Waals surface area contributed by atoms with Gasteiger partial charge in [0.2, 0.25) is 11.8 Å². The molecule has 0 radical (unpaired) electrons. The third-order valence-corrected chi connectivity index (χ3v) is 5.70. The Hall–Kier alpha value is -2.63. The summed E-state index contributed by atoms with van der Waals surface area (Å²) in [6, 6.07) is -0.493. The molecule has 1 saturated heterocycles. The summed E-state index contributed by atoms with van der Waals surface area (Å²) in [5.74, 6) is 0.738. The van der Waals surface area contributed by atoms with Crippen molar-refractivity contribution in [2.24, 2.45) is 0 Å². The topological polar surface area (TPSA) is 89.5 Å². The fourth-order valence-corrected chi connectivity index (χ4v) is 3.97. The average molecular weight is 456 g/mol. The highest BCUT2D eigenvalue weighted by molar-refractivity contribution is 5.47. The largest absolute Gasteiger partial charge is 0.408 e. The molecule has 4 rings (SSSR count). The van der Waals surface area contributed by atoms with Crippen LogP contribution in [0.2, 0.25) is 0 Å². The van der Waals surface area contributed by atoms with Gasteiger partial charge in [-0.25, -0.2) is 0 Å². The van der Waals surface area contributed by atoms with Crippen LogP contribution in [-0.2, 0) is 23.2 Å². The number of rotatable bonds is 3. The number of aromatic nitrogens is 4. The van der Waals surface area contributed by atoms with E-state index in [1.807, 2.05) is 32.6 Å². The number of fused-ring (bicyclic) bond motifs is 1. The predicted molar refractivity (Wildman–Crippen MR) is 110 cm³/mol. The van der Waals surface area contributed by atoms with Crippen molar-refractivity contribution in [1.29, 1.82) is 0 Å². The zero-order chi connectivity index (χ0) is 23.3. The summed E-state index contributed by atoms with van der Waals surface area (Å²) in [6.45, 7) is 8.59. The summed E-state index contributed by atoms with van der Waals surface area (Å²) < 4.78 is 53.8. The molecule has 9 nitrogen and oxygen atoms in total. The summed E-state index contributed by atoms with van der Waals surface area (Å²) >= 11 is 0. The van der Waals surface area contributed by atoms with Crippen molar-refractivity contribution in [3.05, 3.63) is 28.1 Å². The first-order chi connectivity index (χ1) is 14.9. The molecule has 0 N–H and O–H groups in total. The lowest BCUT2D eigenvalue weighted by Crippen LogP contribution is -2.52. The molecule has 0 spiro atoms. The van der Waals surface area contributed by atoms with Gasteiger partial charge in [-0.1, -0.05) is 25.9 Å². The second-order valence-electron chi connectivity index (χ2n) is 9.26. The predicted octanol–water partition coefficient (Wildman–Crippen LogP) is 2.49. The van der Waals surface area contributed by atoms with Crippen molar-refractivity contribution in [1.82, 2.24) is 19.7 Å². The molecule has 0 amide bonds. The Morgan fingerprint density at radius 1 is 1.19 bits per heavy atom. The lowest BCUT2D eigenvalue weighted by atomic mass is 9.97. The number of nitrogens with zero attached hydrogens (tertiary/aromatic N) is 6. The van der Waals surface area contributed by atoms with Gasteiger partial charge in [-0.2, -0.15) is 23.1 Å². The zero-order valence-electron chi connectivity index (χ0n) is 18.5. The van der Waals surface area contributed by atoms with Crippen LogP contribution in [0.1, 0.15) is 45.8 Å². The lowest BCUT2D eigenvalue weighted by molar-refractivity contribution is -0.153. The van der Waals surface area contributed by atoms with E-state index >= 15 is 0 Å². The number of ether oxygens (including phenoxy) is 1. The standard InChI is InChI=1S/C20H27F3N6O3/c1-12-11-31-8-7-27(12)15-9-16(30)28-6-5-13(20(21,22)23)29(18(28)25-15)10-14-24-17(32-26-14)19(2,3)4/h9,12-13H,5-8,10-11H2,1-4H3/t12-,13+/m1/s1. The second-order valence-corrected chi connectivity index (χ2v) is 9.26. The highest BCUT2D eigenvalue weighted by Crippen LogP contribution is 2.35. The second kappa shape index (κ2) is 8.05. The number of morpholine rings is 1. The van der Waals surface area contributed by atoms with Gasteiger partial charge in [0.1, 0.15) is 11.9 Å². The van der Waals surface area contributed by atoms with Crippen LogP contribution in [0.15, 0.2) is 15.4 Å². The van der Waals surface area contributed by atoms with Gasteiger partial charge in [-0.15, -0.1) is 0 Å². The van der Waals surface area contributed by atoms with E-state index < -0.39 is 23.2 Å². The molecule has 2 aliphatic heterocycles. The van der Waals surface area contributed by atoms with Gasteiger partial charge in [0, 0.05) is 24.6 Å². The lowest BCUT2D eigenvalue weighted by Gasteiger charge is -2.40. The monoisotopic (exact) mass is 456 g/mol. The summed E-state index contributed by atoms with van der Waals surface area (Å²) in [4.78, 5) is 24.6. The van der Waals surface area contributed by atoms with Crippen LogP contribution < -0.4 is 15.4 Å². The van der Waals surface area contributed by atoms with Crippen molar-refractivity contribution in [2.45, 2.75) is 70.9 Å². The van der Waals surface area contributed by atoms with Crippen LogP contribution >= 0.6 is 0 Å².